The summed E-state index contributed by atoms with van der Waals surface area (Å²) in [4.78, 5) is 15.3. The molecule has 0 saturated heterocycles. The van der Waals surface area contributed by atoms with Gasteiger partial charge in [-0.05, 0) is 49.2 Å². The van der Waals surface area contributed by atoms with Gasteiger partial charge in [0, 0.05) is 10.2 Å². The van der Waals surface area contributed by atoms with Crippen molar-refractivity contribution in [3.63, 3.8) is 0 Å². The monoisotopic (exact) mass is 334 g/mol. The Balaban J connectivity index is 2.45. The summed E-state index contributed by atoms with van der Waals surface area (Å²) >= 11 is 3.45. The molecule has 20 heavy (non-hydrogen) atoms. The molecule has 0 bridgehead atoms. The van der Waals surface area contributed by atoms with Gasteiger partial charge < -0.3 is 16.8 Å². The van der Waals surface area contributed by atoms with Crippen molar-refractivity contribution in [3.05, 3.63) is 45.6 Å². The number of aryl methyl sites for hydroxylation is 2. The molecule has 0 aliphatic carbocycles. The van der Waals surface area contributed by atoms with Gasteiger partial charge in [-0.2, -0.15) is 0 Å². The number of amides is 1. The van der Waals surface area contributed by atoms with Crippen LogP contribution in [-0.4, -0.2) is 10.9 Å². The number of hydrogen-bond acceptors (Lipinski definition) is 4. The topological polar surface area (TPSA) is 94.0 Å². The van der Waals surface area contributed by atoms with Crippen LogP contribution in [0.2, 0.25) is 0 Å². The number of benzene rings is 1. The average Bonchev–Trinajstić information content (AvgIpc) is 2.35. The van der Waals surface area contributed by atoms with Crippen molar-refractivity contribution in [2.24, 2.45) is 5.73 Å². The molecule has 0 aliphatic rings. The van der Waals surface area contributed by atoms with E-state index in [1.807, 2.05) is 26.0 Å². The third kappa shape index (κ3) is 2.91. The predicted molar refractivity (Wildman–Crippen MR) is 84.1 cm³/mol. The van der Waals surface area contributed by atoms with Crippen LogP contribution in [0.25, 0.3) is 0 Å². The van der Waals surface area contributed by atoms with Crippen LogP contribution in [0.1, 0.15) is 21.6 Å². The first-order valence-corrected chi connectivity index (χ1v) is 6.78. The summed E-state index contributed by atoms with van der Waals surface area (Å²) in [7, 11) is 0. The molecular formula is C14H15BrN4O. The second-order valence-corrected chi connectivity index (χ2v) is 5.45. The van der Waals surface area contributed by atoms with Crippen LogP contribution >= 0.6 is 15.9 Å². The smallest absolute Gasteiger partial charge is 0.267 e. The minimum absolute atomic E-state index is 0.175. The number of carbonyl (C=O) groups is 1. The summed E-state index contributed by atoms with van der Waals surface area (Å²) in [6, 6.07) is 7.09. The van der Waals surface area contributed by atoms with Crippen LogP contribution in [-0.2, 0) is 0 Å². The maximum atomic E-state index is 11.2. The maximum absolute atomic E-state index is 11.2. The van der Waals surface area contributed by atoms with Crippen molar-refractivity contribution < 1.29 is 4.79 Å². The maximum Gasteiger partial charge on any atom is 0.267 e. The van der Waals surface area contributed by atoms with Crippen molar-refractivity contribution in [1.82, 2.24) is 4.98 Å². The van der Waals surface area contributed by atoms with Gasteiger partial charge in [-0.3, -0.25) is 4.79 Å². The summed E-state index contributed by atoms with van der Waals surface area (Å²) in [5, 5.41) is 3.17. The molecule has 0 fully saturated rings. The van der Waals surface area contributed by atoms with Gasteiger partial charge in [-0.15, -0.1) is 0 Å². The molecule has 104 valence electrons. The van der Waals surface area contributed by atoms with Crippen LogP contribution in [0.4, 0.5) is 17.2 Å². The number of nitrogens with one attached hydrogen (secondary N) is 1. The number of aromatic nitrogens is 1. The lowest BCUT2D eigenvalue weighted by molar-refractivity contribution is 0.0996. The third-order valence-corrected chi connectivity index (χ3v) is 3.38. The molecular weight excluding hydrogens is 320 g/mol. The second-order valence-electron chi connectivity index (χ2n) is 4.54. The molecule has 0 spiro atoms. The quantitative estimate of drug-likeness (QED) is 0.804. The van der Waals surface area contributed by atoms with Crippen molar-refractivity contribution in [2.45, 2.75) is 13.8 Å². The molecule has 1 aromatic carbocycles. The van der Waals surface area contributed by atoms with Gasteiger partial charge in [-0.25, -0.2) is 4.98 Å². The highest BCUT2D eigenvalue weighted by atomic mass is 79.9. The summed E-state index contributed by atoms with van der Waals surface area (Å²) in [5.41, 5.74) is 14.7. The molecule has 6 heteroatoms. The first-order valence-electron chi connectivity index (χ1n) is 5.98. The summed E-state index contributed by atoms with van der Waals surface area (Å²) in [6.07, 6.45) is 0. The zero-order valence-corrected chi connectivity index (χ0v) is 12.8. The Morgan fingerprint density at radius 2 is 1.85 bits per heavy atom. The fourth-order valence-corrected chi connectivity index (χ4v) is 2.62. The molecule has 0 atom stereocenters. The number of primary amides is 1. The van der Waals surface area contributed by atoms with Gasteiger partial charge >= 0.3 is 0 Å². The zero-order valence-electron chi connectivity index (χ0n) is 11.2. The Labute approximate surface area is 125 Å². The number of nitrogens with two attached hydrogens (primary N) is 2. The number of nitrogen functional groups attached to an aromatic ring is 1. The number of anilines is 3. The van der Waals surface area contributed by atoms with Gasteiger partial charge in [0.1, 0.15) is 5.69 Å². The van der Waals surface area contributed by atoms with Gasteiger partial charge in [0.15, 0.2) is 5.82 Å². The van der Waals surface area contributed by atoms with Crippen LogP contribution in [0.15, 0.2) is 28.7 Å². The number of halogens is 1. The zero-order chi connectivity index (χ0) is 14.9. The van der Waals surface area contributed by atoms with E-state index in [0.29, 0.717) is 11.5 Å². The fraction of sp³-hybridized carbons (Fsp3) is 0.143. The summed E-state index contributed by atoms with van der Waals surface area (Å²) in [6.45, 7) is 3.96. The highest BCUT2D eigenvalue weighted by molar-refractivity contribution is 9.10. The second kappa shape index (κ2) is 5.50. The molecule has 1 amide bonds. The largest absolute Gasteiger partial charge is 0.396 e. The third-order valence-electron chi connectivity index (χ3n) is 2.92. The Kier molecular flexibility index (Phi) is 3.94. The molecule has 2 rings (SSSR count). The molecule has 0 radical (unpaired) electrons. The van der Waals surface area contributed by atoms with E-state index in [4.69, 9.17) is 11.5 Å². The van der Waals surface area contributed by atoms with E-state index in [9.17, 15) is 4.79 Å². The highest BCUT2D eigenvalue weighted by Crippen LogP contribution is 2.29. The van der Waals surface area contributed by atoms with E-state index < -0.39 is 5.91 Å². The molecule has 0 aliphatic heterocycles. The lowest BCUT2D eigenvalue weighted by Crippen LogP contribution is -2.14. The van der Waals surface area contributed by atoms with Gasteiger partial charge in [0.05, 0.1) is 5.69 Å². The molecule has 0 saturated carbocycles. The first kappa shape index (κ1) is 14.3. The van der Waals surface area contributed by atoms with Gasteiger partial charge in [-0.1, -0.05) is 15.9 Å². The van der Waals surface area contributed by atoms with Crippen molar-refractivity contribution >= 4 is 39.0 Å². The predicted octanol–water partition coefficient (Wildman–Crippen LogP) is 2.89. The molecule has 1 aromatic heterocycles. The Morgan fingerprint density at radius 1 is 1.25 bits per heavy atom. The fourth-order valence-electron chi connectivity index (χ4n) is 1.93. The SMILES string of the molecule is Cc1cc(Br)cc(C)c1Nc1nc(C(N)=O)ccc1N. The average molecular weight is 335 g/mol. The van der Waals surface area contributed by atoms with Crippen molar-refractivity contribution in [3.8, 4) is 0 Å². The van der Waals surface area contributed by atoms with Gasteiger partial charge in [0.2, 0.25) is 0 Å². The van der Waals surface area contributed by atoms with E-state index in [0.717, 1.165) is 21.3 Å². The van der Waals surface area contributed by atoms with Crippen molar-refractivity contribution in [1.29, 1.82) is 0 Å². The first-order chi connectivity index (χ1) is 9.38. The number of nitrogens with zero attached hydrogens (tertiary/aromatic N) is 1. The van der Waals surface area contributed by atoms with E-state index in [1.54, 1.807) is 6.07 Å². The Bertz CT molecular complexity index is 662. The summed E-state index contributed by atoms with van der Waals surface area (Å²) in [5.74, 6) is -0.160. The molecule has 1 heterocycles. The van der Waals surface area contributed by atoms with E-state index in [2.05, 4.69) is 26.2 Å². The lowest BCUT2D eigenvalue weighted by Gasteiger charge is -2.14. The van der Waals surface area contributed by atoms with Gasteiger partial charge in [0.25, 0.3) is 5.91 Å². The van der Waals surface area contributed by atoms with Crippen LogP contribution < -0.4 is 16.8 Å². The standard InChI is InChI=1S/C14H15BrN4O/c1-7-5-9(15)6-8(2)12(7)19-14-10(16)3-4-11(18-14)13(17)20/h3-6H,16H2,1-2H3,(H2,17,20)(H,18,19). The van der Waals surface area contributed by atoms with E-state index in [1.165, 1.54) is 6.07 Å². The van der Waals surface area contributed by atoms with Crippen LogP contribution in [0.3, 0.4) is 0 Å². The molecule has 0 unspecified atom stereocenters. The molecule has 2 aromatic rings. The number of carbonyl (C=O) groups excluding carboxylic acids is 1. The van der Waals surface area contributed by atoms with Crippen LogP contribution in [0.5, 0.6) is 0 Å². The summed E-state index contributed by atoms with van der Waals surface area (Å²) < 4.78 is 1.00. The lowest BCUT2D eigenvalue weighted by atomic mass is 10.1. The van der Waals surface area contributed by atoms with E-state index >= 15 is 0 Å². The minimum Gasteiger partial charge on any atom is -0.396 e. The number of hydrogen-bond donors (Lipinski definition) is 3. The van der Waals surface area contributed by atoms with E-state index in [-0.39, 0.29) is 5.69 Å². The number of pyridine rings is 1. The van der Waals surface area contributed by atoms with Crippen LogP contribution in [0, 0.1) is 13.8 Å². The normalized spacial score (nSPS) is 10.3. The highest BCUT2D eigenvalue weighted by Gasteiger charge is 2.10. The Hall–Kier alpha value is -2.08. The number of rotatable bonds is 3. The molecule has 5 N–H and O–H groups in total. The Morgan fingerprint density at radius 3 is 2.40 bits per heavy atom. The minimum atomic E-state index is -0.586. The van der Waals surface area contributed by atoms with Crippen molar-refractivity contribution in [2.75, 3.05) is 11.1 Å². The molecule has 5 nitrogen and oxygen atoms in total.